The van der Waals surface area contributed by atoms with Gasteiger partial charge in [-0.1, -0.05) is 42.0 Å². The molecule has 0 spiro atoms. The van der Waals surface area contributed by atoms with E-state index in [0.29, 0.717) is 17.9 Å². The van der Waals surface area contributed by atoms with E-state index in [4.69, 9.17) is 0 Å². The van der Waals surface area contributed by atoms with Crippen LogP contribution in [0.5, 0.6) is 0 Å². The monoisotopic (exact) mass is 450 g/mol. The Labute approximate surface area is 199 Å². The largest absolute Gasteiger partial charge is 0.309 e. The number of benzene rings is 2. The van der Waals surface area contributed by atoms with Gasteiger partial charge in [0.2, 0.25) is 5.91 Å². The fourth-order valence-electron chi connectivity index (χ4n) is 3.67. The molecular weight excluding hydrogens is 424 g/mol. The molecule has 2 heterocycles. The van der Waals surface area contributed by atoms with Gasteiger partial charge >= 0.3 is 0 Å². The number of hydrogen-bond acceptors (Lipinski definition) is 5. The highest BCUT2D eigenvalue weighted by atomic mass is 16.2. The van der Waals surface area contributed by atoms with Crippen LogP contribution in [0.1, 0.15) is 28.3 Å². The van der Waals surface area contributed by atoms with E-state index in [0.717, 1.165) is 23.1 Å². The van der Waals surface area contributed by atoms with Crippen molar-refractivity contribution < 1.29 is 4.79 Å². The maximum Gasteiger partial charge on any atom is 0.247 e. The Morgan fingerprint density at radius 3 is 2.59 bits per heavy atom. The van der Waals surface area contributed by atoms with Crippen molar-refractivity contribution in [2.45, 2.75) is 19.4 Å². The number of anilines is 1. The number of aromatic nitrogens is 3. The fraction of sp³-hybridized carbons (Fsp3) is 0.185. The average Bonchev–Trinajstić information content (AvgIpc) is 3.29. The molecule has 0 aliphatic rings. The minimum Gasteiger partial charge on any atom is -0.309 e. The van der Waals surface area contributed by atoms with Gasteiger partial charge in [-0.15, -0.1) is 0 Å². The summed E-state index contributed by atoms with van der Waals surface area (Å²) in [5.41, 5.74) is 5.51. The maximum absolute atomic E-state index is 13.2. The van der Waals surface area contributed by atoms with E-state index in [1.165, 1.54) is 11.1 Å². The van der Waals surface area contributed by atoms with Crippen LogP contribution in [-0.4, -0.2) is 27.2 Å². The molecule has 7 heteroatoms. The van der Waals surface area contributed by atoms with E-state index in [9.17, 15) is 10.1 Å². The minimum absolute atomic E-state index is 0.236. The molecule has 0 radical (unpaired) electrons. The molecule has 2 aromatic heterocycles. The fourth-order valence-corrected chi connectivity index (χ4v) is 3.67. The van der Waals surface area contributed by atoms with Crippen molar-refractivity contribution in [2.24, 2.45) is 7.05 Å². The van der Waals surface area contributed by atoms with Crippen LogP contribution in [0.2, 0.25) is 0 Å². The first-order chi connectivity index (χ1) is 16.5. The van der Waals surface area contributed by atoms with E-state index in [1.807, 2.05) is 25.4 Å². The lowest BCUT2D eigenvalue weighted by atomic mass is 10.0. The van der Waals surface area contributed by atoms with Crippen LogP contribution >= 0.6 is 0 Å². The molecule has 0 saturated heterocycles. The first-order valence-electron chi connectivity index (χ1n) is 11.1. The van der Waals surface area contributed by atoms with Crippen LogP contribution in [0.3, 0.4) is 0 Å². The standard InChI is InChI=1S/C27H26N6O/c1-19-6-8-20(9-7-19)12-13-29-26(22-5-3-4-21(14-22)15-28)27(34)32-25-11-10-23(16-30-25)24-17-31-33(2)18-24/h3-11,14,16-18,26,29H,12-13H2,1-2H3,(H,30,32,34)/t26-/m1/s1. The summed E-state index contributed by atoms with van der Waals surface area (Å²) in [6.07, 6.45) is 6.17. The summed E-state index contributed by atoms with van der Waals surface area (Å²) in [4.78, 5) is 17.6. The summed E-state index contributed by atoms with van der Waals surface area (Å²) in [6.45, 7) is 2.66. The number of aryl methyl sites for hydroxylation is 2. The van der Waals surface area contributed by atoms with Crippen molar-refractivity contribution in [3.8, 4) is 17.2 Å². The number of nitrogens with zero attached hydrogens (tertiary/aromatic N) is 4. The summed E-state index contributed by atoms with van der Waals surface area (Å²) < 4.78 is 1.73. The summed E-state index contributed by atoms with van der Waals surface area (Å²) in [6, 6.07) is 20.6. The molecule has 2 aromatic carbocycles. The van der Waals surface area contributed by atoms with Gasteiger partial charge in [-0.3, -0.25) is 9.48 Å². The molecule has 0 aliphatic heterocycles. The van der Waals surface area contributed by atoms with Crippen molar-refractivity contribution in [2.75, 3.05) is 11.9 Å². The number of pyridine rings is 1. The highest BCUT2D eigenvalue weighted by Gasteiger charge is 2.21. The molecule has 0 fully saturated rings. The van der Waals surface area contributed by atoms with Gasteiger partial charge in [-0.25, -0.2) is 4.98 Å². The summed E-state index contributed by atoms with van der Waals surface area (Å²) in [5.74, 6) is 0.222. The second-order valence-electron chi connectivity index (χ2n) is 8.18. The number of amides is 1. The van der Waals surface area contributed by atoms with Crippen molar-refractivity contribution in [1.29, 1.82) is 5.26 Å². The molecule has 0 saturated carbocycles. The van der Waals surface area contributed by atoms with Crippen molar-refractivity contribution in [3.05, 3.63) is 102 Å². The van der Waals surface area contributed by atoms with Gasteiger partial charge in [0.25, 0.3) is 0 Å². The third-order valence-electron chi connectivity index (χ3n) is 5.55. The molecular formula is C27H26N6O. The van der Waals surface area contributed by atoms with Gasteiger partial charge in [0.1, 0.15) is 11.9 Å². The molecule has 7 nitrogen and oxygen atoms in total. The highest BCUT2D eigenvalue weighted by Crippen LogP contribution is 2.21. The zero-order valence-electron chi connectivity index (χ0n) is 19.2. The van der Waals surface area contributed by atoms with E-state index in [1.54, 1.807) is 41.3 Å². The lowest BCUT2D eigenvalue weighted by Crippen LogP contribution is -2.34. The molecule has 4 aromatic rings. The zero-order chi connectivity index (χ0) is 23.9. The van der Waals surface area contributed by atoms with Gasteiger partial charge in [0.05, 0.1) is 17.8 Å². The lowest BCUT2D eigenvalue weighted by Gasteiger charge is -2.19. The summed E-state index contributed by atoms with van der Waals surface area (Å²) >= 11 is 0. The van der Waals surface area contributed by atoms with Gasteiger partial charge in [-0.05, 0) is 48.7 Å². The molecule has 170 valence electrons. The maximum atomic E-state index is 13.2. The highest BCUT2D eigenvalue weighted by molar-refractivity contribution is 5.95. The molecule has 34 heavy (non-hydrogen) atoms. The summed E-state index contributed by atoms with van der Waals surface area (Å²) in [7, 11) is 1.86. The number of nitriles is 1. The predicted molar refractivity (Wildman–Crippen MR) is 132 cm³/mol. The average molecular weight is 451 g/mol. The van der Waals surface area contributed by atoms with Gasteiger partial charge in [0.15, 0.2) is 0 Å². The Morgan fingerprint density at radius 2 is 1.91 bits per heavy atom. The van der Waals surface area contributed by atoms with Crippen LogP contribution in [0.4, 0.5) is 5.82 Å². The SMILES string of the molecule is Cc1ccc(CCN[C@@H](C(=O)Nc2ccc(-c3cnn(C)c3)cn2)c2cccc(C#N)c2)cc1. The zero-order valence-corrected chi connectivity index (χ0v) is 19.2. The Hall–Kier alpha value is -4.28. The number of nitrogens with one attached hydrogen (secondary N) is 2. The Morgan fingerprint density at radius 1 is 1.09 bits per heavy atom. The minimum atomic E-state index is -0.626. The third-order valence-corrected chi connectivity index (χ3v) is 5.55. The molecule has 2 N–H and O–H groups in total. The number of hydrogen-bond donors (Lipinski definition) is 2. The van der Waals surface area contributed by atoms with E-state index in [-0.39, 0.29) is 5.91 Å². The second kappa shape index (κ2) is 10.6. The molecule has 0 bridgehead atoms. The van der Waals surface area contributed by atoms with Crippen LogP contribution in [0, 0.1) is 18.3 Å². The normalized spacial score (nSPS) is 11.6. The van der Waals surface area contributed by atoms with Crippen molar-refractivity contribution in [1.82, 2.24) is 20.1 Å². The quantitative estimate of drug-likeness (QED) is 0.420. The number of carbonyl (C=O) groups is 1. The first kappa shape index (κ1) is 22.9. The Kier molecular flexibility index (Phi) is 7.11. The van der Waals surface area contributed by atoms with E-state index in [2.05, 4.69) is 58.0 Å². The van der Waals surface area contributed by atoms with Crippen molar-refractivity contribution >= 4 is 11.7 Å². The smallest absolute Gasteiger partial charge is 0.247 e. The topological polar surface area (TPSA) is 95.6 Å². The third kappa shape index (κ3) is 5.74. The Balaban J connectivity index is 1.48. The van der Waals surface area contributed by atoms with Crippen molar-refractivity contribution in [3.63, 3.8) is 0 Å². The molecule has 0 unspecified atom stereocenters. The van der Waals surface area contributed by atoms with E-state index >= 15 is 0 Å². The molecule has 1 atom stereocenters. The molecule has 0 aliphatic carbocycles. The van der Waals surface area contributed by atoms with Crippen LogP contribution in [0.25, 0.3) is 11.1 Å². The van der Waals surface area contributed by atoms with Crippen LogP contribution in [-0.2, 0) is 18.3 Å². The van der Waals surface area contributed by atoms with Gasteiger partial charge in [-0.2, -0.15) is 10.4 Å². The van der Waals surface area contributed by atoms with E-state index < -0.39 is 6.04 Å². The summed E-state index contributed by atoms with van der Waals surface area (Å²) in [5, 5.41) is 19.7. The van der Waals surface area contributed by atoms with Crippen LogP contribution in [0.15, 0.2) is 79.3 Å². The van der Waals surface area contributed by atoms with Gasteiger partial charge < -0.3 is 10.6 Å². The second-order valence-corrected chi connectivity index (χ2v) is 8.18. The Bertz CT molecular complexity index is 1300. The molecule has 4 rings (SSSR count). The number of carbonyl (C=O) groups excluding carboxylic acids is 1. The lowest BCUT2D eigenvalue weighted by molar-refractivity contribution is -0.118. The molecule has 1 amide bonds. The van der Waals surface area contributed by atoms with Gasteiger partial charge in [0, 0.05) is 37.1 Å². The first-order valence-corrected chi connectivity index (χ1v) is 11.1. The number of rotatable bonds is 8. The van der Waals surface area contributed by atoms with Crippen LogP contribution < -0.4 is 10.6 Å². The predicted octanol–water partition coefficient (Wildman–Crippen LogP) is 4.17.